The Bertz CT molecular complexity index is 1340. The number of anilines is 1. The molecule has 9 heteroatoms. The normalized spacial score (nSPS) is 18.5. The lowest BCUT2D eigenvalue weighted by Gasteiger charge is -2.25. The zero-order valence-corrected chi connectivity index (χ0v) is 18.8. The number of ketones is 1. The SMILES string of the molecule is CCOc1cc(C2C(=C(O)c3ccc4c(c3)OCCO4)C(=O)C(=O)N2c2ccccn2)ccc1O. The van der Waals surface area contributed by atoms with E-state index >= 15 is 0 Å². The summed E-state index contributed by atoms with van der Waals surface area (Å²) in [5.74, 6) is -0.759. The van der Waals surface area contributed by atoms with Crippen molar-refractivity contribution in [3.8, 4) is 23.0 Å². The number of phenols is 1. The fraction of sp³-hybridized carbons (Fsp3) is 0.192. The Hall–Kier alpha value is -4.53. The molecule has 1 atom stereocenters. The second-order valence-electron chi connectivity index (χ2n) is 7.88. The van der Waals surface area contributed by atoms with Crippen molar-refractivity contribution in [3.05, 3.63) is 77.5 Å². The fourth-order valence-corrected chi connectivity index (χ4v) is 4.20. The molecule has 0 radical (unpaired) electrons. The number of carbonyl (C=O) groups is 2. The van der Waals surface area contributed by atoms with Crippen LogP contribution in [0.2, 0.25) is 0 Å². The molecule has 1 fully saturated rings. The summed E-state index contributed by atoms with van der Waals surface area (Å²) in [6.45, 7) is 2.84. The molecule has 0 spiro atoms. The average Bonchev–Trinajstić information content (AvgIpc) is 3.15. The molecule has 2 aliphatic heterocycles. The third-order valence-corrected chi connectivity index (χ3v) is 5.76. The third kappa shape index (κ3) is 3.90. The minimum absolute atomic E-state index is 0.0859. The zero-order valence-electron chi connectivity index (χ0n) is 18.8. The summed E-state index contributed by atoms with van der Waals surface area (Å²) >= 11 is 0. The van der Waals surface area contributed by atoms with Crippen LogP contribution in [-0.4, -0.2) is 46.7 Å². The van der Waals surface area contributed by atoms with Crippen molar-refractivity contribution >= 4 is 23.3 Å². The van der Waals surface area contributed by atoms with Crippen LogP contribution in [0.15, 0.2) is 66.4 Å². The topological polar surface area (TPSA) is 118 Å². The Labute approximate surface area is 200 Å². The molecule has 5 rings (SSSR count). The van der Waals surface area contributed by atoms with E-state index in [-0.39, 0.29) is 28.6 Å². The lowest BCUT2D eigenvalue weighted by Crippen LogP contribution is -2.30. The third-order valence-electron chi connectivity index (χ3n) is 5.76. The minimum Gasteiger partial charge on any atom is -0.507 e. The lowest BCUT2D eigenvalue weighted by molar-refractivity contribution is -0.132. The molecule has 35 heavy (non-hydrogen) atoms. The first-order valence-corrected chi connectivity index (χ1v) is 11.1. The highest BCUT2D eigenvalue weighted by Gasteiger charge is 2.47. The summed E-state index contributed by atoms with van der Waals surface area (Å²) < 4.78 is 16.7. The lowest BCUT2D eigenvalue weighted by atomic mass is 9.94. The van der Waals surface area contributed by atoms with Gasteiger partial charge in [-0.25, -0.2) is 4.98 Å². The maximum atomic E-state index is 13.3. The molecule has 3 heterocycles. The van der Waals surface area contributed by atoms with Gasteiger partial charge in [0.05, 0.1) is 18.2 Å². The van der Waals surface area contributed by atoms with Crippen LogP contribution < -0.4 is 19.1 Å². The van der Waals surface area contributed by atoms with Gasteiger partial charge < -0.3 is 24.4 Å². The number of amides is 1. The van der Waals surface area contributed by atoms with Crippen LogP contribution in [0, 0.1) is 0 Å². The number of carbonyl (C=O) groups excluding carboxylic acids is 2. The predicted molar refractivity (Wildman–Crippen MR) is 126 cm³/mol. The number of Topliss-reactive ketones (excluding diaryl/α,β-unsaturated/α-hetero) is 1. The smallest absolute Gasteiger partial charge is 0.301 e. The molecular formula is C26H22N2O7. The van der Waals surface area contributed by atoms with Crippen LogP contribution in [0.25, 0.3) is 5.76 Å². The summed E-state index contributed by atoms with van der Waals surface area (Å²) in [5.41, 5.74) is 0.628. The van der Waals surface area contributed by atoms with Crippen LogP contribution in [0.1, 0.15) is 24.1 Å². The minimum atomic E-state index is -1.02. The monoisotopic (exact) mass is 474 g/mol. The number of aromatic hydroxyl groups is 1. The highest BCUT2D eigenvalue weighted by atomic mass is 16.6. The van der Waals surface area contributed by atoms with Crippen LogP contribution in [0.4, 0.5) is 5.82 Å². The van der Waals surface area contributed by atoms with Crippen molar-refractivity contribution < 1.29 is 34.0 Å². The number of nitrogens with zero attached hydrogens (tertiary/aromatic N) is 2. The summed E-state index contributed by atoms with van der Waals surface area (Å²) in [4.78, 5) is 32.0. The van der Waals surface area contributed by atoms with E-state index in [1.54, 1.807) is 55.5 Å². The molecular weight excluding hydrogens is 452 g/mol. The highest BCUT2D eigenvalue weighted by Crippen LogP contribution is 2.44. The van der Waals surface area contributed by atoms with E-state index in [2.05, 4.69) is 4.98 Å². The Morgan fingerprint density at radius 1 is 1.09 bits per heavy atom. The van der Waals surface area contributed by atoms with Gasteiger partial charge in [-0.1, -0.05) is 12.1 Å². The van der Waals surface area contributed by atoms with Gasteiger partial charge >= 0.3 is 5.91 Å². The fourth-order valence-electron chi connectivity index (χ4n) is 4.20. The zero-order chi connectivity index (χ0) is 24.5. The quantitative estimate of drug-likeness (QED) is 0.327. The first-order valence-electron chi connectivity index (χ1n) is 11.1. The average molecular weight is 474 g/mol. The number of hydrogen-bond donors (Lipinski definition) is 2. The number of fused-ring (bicyclic) bond motifs is 1. The van der Waals surface area contributed by atoms with Gasteiger partial charge in [0.2, 0.25) is 0 Å². The molecule has 0 bridgehead atoms. The van der Waals surface area contributed by atoms with Crippen molar-refractivity contribution in [3.63, 3.8) is 0 Å². The molecule has 1 saturated heterocycles. The molecule has 178 valence electrons. The Morgan fingerprint density at radius 3 is 2.63 bits per heavy atom. The van der Waals surface area contributed by atoms with Crippen molar-refractivity contribution in [1.82, 2.24) is 4.98 Å². The van der Waals surface area contributed by atoms with E-state index in [0.717, 1.165) is 0 Å². The number of aliphatic hydroxyl groups is 1. The predicted octanol–water partition coefficient (Wildman–Crippen LogP) is 3.58. The van der Waals surface area contributed by atoms with E-state index in [4.69, 9.17) is 14.2 Å². The number of aliphatic hydroxyl groups excluding tert-OH is 1. The largest absolute Gasteiger partial charge is 0.507 e. The van der Waals surface area contributed by atoms with Crippen LogP contribution in [-0.2, 0) is 9.59 Å². The van der Waals surface area contributed by atoms with E-state index in [1.807, 2.05) is 0 Å². The van der Waals surface area contributed by atoms with Crippen molar-refractivity contribution in [2.24, 2.45) is 0 Å². The van der Waals surface area contributed by atoms with Gasteiger partial charge in [-0.15, -0.1) is 0 Å². The Morgan fingerprint density at radius 2 is 1.89 bits per heavy atom. The van der Waals surface area contributed by atoms with Crippen molar-refractivity contribution in [2.45, 2.75) is 13.0 Å². The number of hydrogen-bond acceptors (Lipinski definition) is 8. The van der Waals surface area contributed by atoms with Gasteiger partial charge in [0.15, 0.2) is 23.0 Å². The molecule has 2 aromatic carbocycles. The van der Waals surface area contributed by atoms with Gasteiger partial charge in [0.1, 0.15) is 24.8 Å². The maximum Gasteiger partial charge on any atom is 0.301 e. The number of rotatable bonds is 5. The molecule has 3 aromatic rings. The first-order chi connectivity index (χ1) is 17.0. The number of pyridine rings is 1. The van der Waals surface area contributed by atoms with Crippen molar-refractivity contribution in [2.75, 3.05) is 24.7 Å². The number of aromatic nitrogens is 1. The molecule has 1 amide bonds. The first kappa shape index (κ1) is 22.3. The van der Waals surface area contributed by atoms with Crippen LogP contribution in [0.5, 0.6) is 23.0 Å². The summed E-state index contributed by atoms with van der Waals surface area (Å²) in [7, 11) is 0. The Kier molecular flexibility index (Phi) is 5.74. The molecule has 2 N–H and O–H groups in total. The second-order valence-corrected chi connectivity index (χ2v) is 7.88. The standard InChI is InChI=1S/C26H22N2O7/c1-2-33-19-13-15(6-8-17(19)29)23-22(25(31)26(32)28(23)21-5-3-4-10-27-21)24(30)16-7-9-18-20(14-16)35-12-11-34-18/h3-10,13-14,23,29-30H,2,11-12H2,1H3. The second kappa shape index (κ2) is 9.02. The summed E-state index contributed by atoms with van der Waals surface area (Å²) in [5, 5.41) is 21.5. The number of ether oxygens (including phenoxy) is 3. The van der Waals surface area contributed by atoms with E-state index in [9.17, 15) is 19.8 Å². The van der Waals surface area contributed by atoms with E-state index in [1.165, 1.54) is 17.2 Å². The van der Waals surface area contributed by atoms with E-state index < -0.39 is 17.7 Å². The van der Waals surface area contributed by atoms with Gasteiger partial charge in [-0.2, -0.15) is 0 Å². The van der Waals surface area contributed by atoms with Crippen molar-refractivity contribution in [1.29, 1.82) is 0 Å². The van der Waals surface area contributed by atoms with Crippen LogP contribution in [0.3, 0.4) is 0 Å². The highest BCUT2D eigenvalue weighted by molar-refractivity contribution is 6.51. The molecule has 1 aromatic heterocycles. The van der Waals surface area contributed by atoms with Gasteiger partial charge in [-0.3, -0.25) is 14.5 Å². The maximum absolute atomic E-state index is 13.3. The molecule has 1 unspecified atom stereocenters. The summed E-state index contributed by atoms with van der Waals surface area (Å²) in [6.07, 6.45) is 1.51. The molecule has 2 aliphatic rings. The van der Waals surface area contributed by atoms with Crippen LogP contribution >= 0.6 is 0 Å². The number of benzene rings is 2. The van der Waals surface area contributed by atoms with E-state index in [0.29, 0.717) is 42.4 Å². The van der Waals surface area contributed by atoms with Gasteiger partial charge in [0, 0.05) is 11.8 Å². The number of phenolic OH excluding ortho intramolecular Hbond substituents is 1. The molecule has 9 nitrogen and oxygen atoms in total. The van der Waals surface area contributed by atoms with Gasteiger partial charge in [0.25, 0.3) is 5.78 Å². The van der Waals surface area contributed by atoms with Gasteiger partial charge in [-0.05, 0) is 55.0 Å². The molecule has 0 aliphatic carbocycles. The Balaban J connectivity index is 1.70. The summed E-state index contributed by atoms with van der Waals surface area (Å²) in [6, 6.07) is 13.3. The molecule has 0 saturated carbocycles.